The number of hydrogen-bond donors (Lipinski definition) is 1. The first-order valence-corrected chi connectivity index (χ1v) is 14.0. The molecule has 8 nitrogen and oxygen atoms in total. The monoisotopic (exact) mass is 521 g/mol. The number of amides is 2. The molecule has 0 unspecified atom stereocenters. The van der Waals surface area contributed by atoms with E-state index < -0.39 is 6.04 Å². The van der Waals surface area contributed by atoms with Crippen molar-refractivity contribution in [2.24, 2.45) is 11.3 Å². The summed E-state index contributed by atoms with van der Waals surface area (Å²) in [6.45, 7) is 5.92. The Labute approximate surface area is 224 Å². The second-order valence-corrected chi connectivity index (χ2v) is 11.6. The van der Waals surface area contributed by atoms with E-state index in [-0.39, 0.29) is 47.3 Å². The highest BCUT2D eigenvalue weighted by Crippen LogP contribution is 2.59. The van der Waals surface area contributed by atoms with Crippen LogP contribution in [0, 0.1) is 11.3 Å². The Kier molecular flexibility index (Phi) is 7.09. The Morgan fingerprint density at radius 3 is 2.66 bits per heavy atom. The van der Waals surface area contributed by atoms with E-state index in [1.165, 1.54) is 0 Å². The van der Waals surface area contributed by atoms with Gasteiger partial charge in [-0.3, -0.25) is 19.2 Å². The molecule has 0 spiro atoms. The van der Waals surface area contributed by atoms with Gasteiger partial charge in [-0.05, 0) is 56.7 Å². The van der Waals surface area contributed by atoms with Gasteiger partial charge in [0.2, 0.25) is 11.8 Å². The third kappa shape index (κ3) is 4.63. The van der Waals surface area contributed by atoms with E-state index in [1.54, 1.807) is 25.1 Å². The number of aromatic nitrogens is 1. The van der Waals surface area contributed by atoms with E-state index in [0.29, 0.717) is 30.7 Å². The van der Waals surface area contributed by atoms with Crippen LogP contribution in [-0.2, 0) is 27.3 Å². The summed E-state index contributed by atoms with van der Waals surface area (Å²) in [6, 6.07) is 3.37. The van der Waals surface area contributed by atoms with E-state index in [0.717, 1.165) is 55.0 Å². The lowest BCUT2D eigenvalue weighted by Gasteiger charge is -2.27. The van der Waals surface area contributed by atoms with Crippen LogP contribution in [0.3, 0.4) is 0 Å². The maximum absolute atomic E-state index is 13.9. The molecule has 2 aromatic rings. The second kappa shape index (κ2) is 10.2. The van der Waals surface area contributed by atoms with E-state index in [9.17, 15) is 19.2 Å². The number of nitrogens with zero attached hydrogens (tertiary/aromatic N) is 2. The van der Waals surface area contributed by atoms with Crippen molar-refractivity contribution in [2.75, 3.05) is 13.7 Å². The van der Waals surface area contributed by atoms with Crippen molar-refractivity contribution in [3.63, 3.8) is 0 Å². The summed E-state index contributed by atoms with van der Waals surface area (Å²) < 4.78 is 7.47. The highest BCUT2D eigenvalue weighted by atomic mass is 16.5. The molecule has 4 atom stereocenters. The summed E-state index contributed by atoms with van der Waals surface area (Å²) in [7, 11) is 1.62. The second-order valence-electron chi connectivity index (χ2n) is 11.6. The van der Waals surface area contributed by atoms with Crippen LogP contribution in [0.25, 0.3) is 10.9 Å². The number of hydrogen-bond acceptors (Lipinski definition) is 5. The molecule has 2 aliphatic heterocycles. The van der Waals surface area contributed by atoms with Gasteiger partial charge in [-0.15, -0.1) is 0 Å². The molecule has 2 amide bonds. The van der Waals surface area contributed by atoms with E-state index in [2.05, 4.69) is 5.32 Å². The predicted octanol–water partition coefficient (Wildman–Crippen LogP) is 4.06. The molecular formula is C30H39N3O5. The average molecular weight is 522 g/mol. The Morgan fingerprint density at radius 2 is 1.95 bits per heavy atom. The number of ether oxygens (including phenoxy) is 1. The number of Topliss-reactive ketones (excluding diaryl/α,β-unsaturated/α-hetero) is 2. The van der Waals surface area contributed by atoms with Crippen molar-refractivity contribution in [3.8, 4) is 5.75 Å². The summed E-state index contributed by atoms with van der Waals surface area (Å²) >= 11 is 0. The number of carbonyl (C=O) groups excluding carboxylic acids is 4. The third-order valence-corrected chi connectivity index (χ3v) is 9.02. The summed E-state index contributed by atoms with van der Waals surface area (Å²) in [5.74, 6) is 0.551. The van der Waals surface area contributed by atoms with E-state index in [4.69, 9.17) is 4.74 Å². The van der Waals surface area contributed by atoms with Crippen molar-refractivity contribution in [1.82, 2.24) is 14.8 Å². The highest BCUT2D eigenvalue weighted by molar-refractivity contribution is 6.08. The van der Waals surface area contributed by atoms with Crippen LogP contribution in [0.5, 0.6) is 5.75 Å². The molecule has 38 heavy (non-hydrogen) atoms. The molecule has 0 radical (unpaired) electrons. The smallest absolute Gasteiger partial charge is 0.243 e. The number of rotatable bonds is 4. The summed E-state index contributed by atoms with van der Waals surface area (Å²) in [5.41, 5.74) is 2.27. The summed E-state index contributed by atoms with van der Waals surface area (Å²) in [6.07, 6.45) is 8.01. The zero-order chi connectivity index (χ0) is 27.2. The molecule has 1 saturated heterocycles. The summed E-state index contributed by atoms with van der Waals surface area (Å²) in [4.78, 5) is 54.1. The topological polar surface area (TPSA) is 97.7 Å². The first kappa shape index (κ1) is 26.4. The molecule has 1 saturated carbocycles. The van der Waals surface area contributed by atoms with E-state index in [1.807, 2.05) is 30.5 Å². The van der Waals surface area contributed by atoms with Crippen molar-refractivity contribution >= 4 is 34.3 Å². The number of ketones is 2. The number of methoxy groups -OCH3 is 1. The maximum Gasteiger partial charge on any atom is 0.243 e. The number of carbonyl (C=O) groups is 4. The maximum atomic E-state index is 13.9. The first-order chi connectivity index (χ1) is 18.2. The molecular weight excluding hydrogens is 482 g/mol. The predicted molar refractivity (Wildman–Crippen MR) is 144 cm³/mol. The normalized spacial score (nSPS) is 28.0. The Hall–Kier alpha value is -3.16. The molecule has 1 N–H and O–H groups in total. The van der Waals surface area contributed by atoms with Crippen LogP contribution >= 0.6 is 0 Å². The molecule has 5 rings (SSSR count). The molecule has 204 valence electrons. The Morgan fingerprint density at radius 1 is 1.16 bits per heavy atom. The minimum absolute atomic E-state index is 0.0459. The lowest BCUT2D eigenvalue weighted by atomic mass is 9.95. The minimum atomic E-state index is -0.465. The van der Waals surface area contributed by atoms with Gasteiger partial charge in [-0.2, -0.15) is 0 Å². The van der Waals surface area contributed by atoms with Crippen molar-refractivity contribution in [3.05, 3.63) is 29.5 Å². The average Bonchev–Trinajstić information content (AvgIpc) is 3.31. The zero-order valence-corrected chi connectivity index (χ0v) is 23.0. The summed E-state index contributed by atoms with van der Waals surface area (Å²) in [5, 5.41) is 3.94. The number of aryl methyl sites for hydroxylation is 1. The standard InChI is InChI=1S/C30H39N3O5/c1-5-25(35)24-13-30-14-26(30)33(24)27(36)16-32-15-23(19(3)34)22-12-21(38-4)11-20(28(22)32)10-8-6-7-9-18(2)29(37)31-17-30/h11-12,15,18,24,26H,5-10,13-14,16-17H2,1-4H3,(H,31,37)/t18-,24-,26+,30-/m0/s1. The van der Waals surface area contributed by atoms with Gasteiger partial charge in [0.05, 0.1) is 18.7 Å². The van der Waals surface area contributed by atoms with Crippen LogP contribution in [0.4, 0.5) is 0 Å². The van der Waals surface area contributed by atoms with Gasteiger partial charge >= 0.3 is 0 Å². The number of benzene rings is 1. The minimum Gasteiger partial charge on any atom is -0.497 e. The molecule has 8 heteroatoms. The SMILES string of the molecule is CCC(=O)[C@@H]1C[C@]23CNC(=O)[C@@H](C)CCCCCc4cc(OC)cc5c(C(C)=O)cn(c45)CC(=O)N1[C@@H]2C3. The quantitative estimate of drug-likeness (QED) is 0.612. The van der Waals surface area contributed by atoms with Crippen molar-refractivity contribution in [1.29, 1.82) is 0 Å². The fourth-order valence-electron chi connectivity index (χ4n) is 6.71. The molecule has 2 bridgehead atoms. The highest BCUT2D eigenvalue weighted by Gasteiger charge is 2.66. The Bertz CT molecular complexity index is 1300. The Balaban J connectivity index is 1.57. The van der Waals surface area contributed by atoms with Crippen LogP contribution in [-0.4, -0.2) is 58.6 Å². The van der Waals surface area contributed by atoms with Crippen molar-refractivity contribution < 1.29 is 23.9 Å². The van der Waals surface area contributed by atoms with Crippen LogP contribution in [0.15, 0.2) is 18.3 Å². The molecule has 1 aromatic carbocycles. The zero-order valence-electron chi connectivity index (χ0n) is 23.0. The first-order valence-electron chi connectivity index (χ1n) is 14.0. The lowest BCUT2D eigenvalue weighted by molar-refractivity contribution is -0.139. The van der Waals surface area contributed by atoms with Crippen LogP contribution in [0.2, 0.25) is 0 Å². The molecule has 1 aromatic heterocycles. The fourth-order valence-corrected chi connectivity index (χ4v) is 6.71. The number of nitrogens with one attached hydrogen (secondary N) is 1. The van der Waals surface area contributed by atoms with Crippen molar-refractivity contribution in [2.45, 2.75) is 90.8 Å². The van der Waals surface area contributed by atoms with Crippen LogP contribution < -0.4 is 10.1 Å². The van der Waals surface area contributed by atoms with Gasteiger partial charge in [0, 0.05) is 47.5 Å². The number of piperidine rings is 1. The van der Waals surface area contributed by atoms with Gasteiger partial charge in [0.15, 0.2) is 11.6 Å². The van der Waals surface area contributed by atoms with Crippen LogP contribution in [0.1, 0.15) is 81.6 Å². The fraction of sp³-hybridized carbons (Fsp3) is 0.600. The molecule has 3 aliphatic rings. The molecule has 2 fully saturated rings. The lowest BCUT2D eigenvalue weighted by Crippen LogP contribution is -2.44. The molecule has 1 aliphatic carbocycles. The third-order valence-electron chi connectivity index (χ3n) is 9.02. The van der Waals surface area contributed by atoms with Gasteiger partial charge in [0.1, 0.15) is 12.3 Å². The van der Waals surface area contributed by atoms with E-state index >= 15 is 0 Å². The van der Waals surface area contributed by atoms with Gasteiger partial charge in [-0.1, -0.05) is 26.7 Å². The van der Waals surface area contributed by atoms with Gasteiger partial charge in [0.25, 0.3) is 0 Å². The van der Waals surface area contributed by atoms with Gasteiger partial charge < -0.3 is 19.5 Å². The molecule has 3 heterocycles. The van der Waals surface area contributed by atoms with Gasteiger partial charge in [-0.25, -0.2) is 0 Å². The largest absolute Gasteiger partial charge is 0.497 e.